The summed E-state index contributed by atoms with van der Waals surface area (Å²) >= 11 is 0. The van der Waals surface area contributed by atoms with E-state index in [0.29, 0.717) is 24.8 Å². The lowest BCUT2D eigenvalue weighted by Crippen LogP contribution is -2.39. The van der Waals surface area contributed by atoms with Crippen LogP contribution in [-0.4, -0.2) is 32.2 Å². The molecule has 1 rings (SSSR count). The number of anilines is 1. The minimum absolute atomic E-state index is 0.256. The van der Waals surface area contributed by atoms with Crippen molar-refractivity contribution in [2.45, 2.75) is 19.1 Å². The predicted molar refractivity (Wildman–Crippen MR) is 69.4 cm³/mol. The normalized spacial score (nSPS) is 12.9. The zero-order chi connectivity index (χ0) is 16.0. The number of hydrogen-bond donors (Lipinski definition) is 2. The quantitative estimate of drug-likeness (QED) is 0.627. The average Bonchev–Trinajstić information content (AvgIpc) is 2.40. The van der Waals surface area contributed by atoms with Gasteiger partial charge in [-0.15, -0.1) is 0 Å². The van der Waals surface area contributed by atoms with Gasteiger partial charge in [-0.3, -0.25) is 4.79 Å². The number of hydrogen-bond acceptors (Lipinski definition) is 3. The van der Waals surface area contributed by atoms with Gasteiger partial charge in [-0.2, -0.15) is 13.2 Å². The van der Waals surface area contributed by atoms with Crippen LogP contribution >= 0.6 is 0 Å². The summed E-state index contributed by atoms with van der Waals surface area (Å²) < 4.78 is 55.9. The van der Waals surface area contributed by atoms with Gasteiger partial charge in [0.2, 0.25) is 5.91 Å². The van der Waals surface area contributed by atoms with Gasteiger partial charge in [0.05, 0.1) is 17.9 Å². The van der Waals surface area contributed by atoms with E-state index in [1.165, 1.54) is 14.0 Å². The maximum Gasteiger partial charge on any atom is 0.416 e. The van der Waals surface area contributed by atoms with Crippen molar-refractivity contribution in [2.75, 3.05) is 25.6 Å². The molecule has 0 aliphatic carbocycles. The number of amides is 1. The lowest BCUT2D eigenvalue weighted by Gasteiger charge is -2.17. The number of ether oxygens (including phenoxy) is 1. The molecule has 1 atom stereocenters. The topological polar surface area (TPSA) is 50.4 Å². The third-order valence-corrected chi connectivity index (χ3v) is 2.66. The standard InChI is InChI=1S/C13H16F4N2O2/c1-8(12(20)18-5-6-21-2)19-11-7-9(13(15,16)17)3-4-10(11)14/h3-4,7-8,19H,5-6H2,1-2H3,(H,18,20). The van der Waals surface area contributed by atoms with Gasteiger partial charge in [0.25, 0.3) is 0 Å². The van der Waals surface area contributed by atoms with Gasteiger partial charge in [-0.05, 0) is 25.1 Å². The molecule has 0 spiro atoms. The molecule has 0 aromatic heterocycles. The van der Waals surface area contributed by atoms with E-state index >= 15 is 0 Å². The summed E-state index contributed by atoms with van der Waals surface area (Å²) in [5.74, 6) is -1.33. The molecule has 0 bridgehead atoms. The Hall–Kier alpha value is -1.83. The van der Waals surface area contributed by atoms with Gasteiger partial charge in [-0.25, -0.2) is 4.39 Å². The Morgan fingerprint density at radius 2 is 2.05 bits per heavy atom. The van der Waals surface area contributed by atoms with Crippen LogP contribution in [0.5, 0.6) is 0 Å². The molecule has 0 saturated heterocycles. The van der Waals surface area contributed by atoms with Crippen LogP contribution in [-0.2, 0) is 15.7 Å². The molecule has 0 radical (unpaired) electrons. The first kappa shape index (κ1) is 17.2. The second kappa shape index (κ2) is 7.26. The molecule has 0 aliphatic heterocycles. The number of nitrogens with one attached hydrogen (secondary N) is 2. The lowest BCUT2D eigenvalue weighted by atomic mass is 10.1. The lowest BCUT2D eigenvalue weighted by molar-refractivity contribution is -0.137. The van der Waals surface area contributed by atoms with Crippen molar-refractivity contribution in [1.29, 1.82) is 0 Å². The van der Waals surface area contributed by atoms with Crippen LogP contribution in [0.25, 0.3) is 0 Å². The maximum absolute atomic E-state index is 13.5. The molecule has 1 aromatic rings. The molecular weight excluding hydrogens is 292 g/mol. The van der Waals surface area contributed by atoms with Crippen molar-refractivity contribution in [2.24, 2.45) is 0 Å². The number of carbonyl (C=O) groups is 1. The number of alkyl halides is 3. The Balaban J connectivity index is 2.75. The highest BCUT2D eigenvalue weighted by molar-refractivity contribution is 5.84. The summed E-state index contributed by atoms with van der Waals surface area (Å²) in [7, 11) is 1.46. The van der Waals surface area contributed by atoms with Crippen LogP contribution < -0.4 is 10.6 Å². The van der Waals surface area contributed by atoms with E-state index in [9.17, 15) is 22.4 Å². The number of rotatable bonds is 6. The highest BCUT2D eigenvalue weighted by atomic mass is 19.4. The summed E-state index contributed by atoms with van der Waals surface area (Å²) in [6.07, 6.45) is -4.58. The molecule has 1 amide bonds. The molecule has 0 fully saturated rings. The third-order valence-electron chi connectivity index (χ3n) is 2.66. The molecule has 0 saturated carbocycles. The van der Waals surface area contributed by atoms with Crippen molar-refractivity contribution < 1.29 is 27.1 Å². The predicted octanol–water partition coefficient (Wildman–Crippen LogP) is 2.41. The highest BCUT2D eigenvalue weighted by Gasteiger charge is 2.31. The minimum Gasteiger partial charge on any atom is -0.383 e. The third kappa shape index (κ3) is 5.22. The SMILES string of the molecule is COCCNC(=O)C(C)Nc1cc(C(F)(F)F)ccc1F. The fourth-order valence-electron chi connectivity index (χ4n) is 1.54. The molecule has 4 nitrogen and oxygen atoms in total. The molecule has 118 valence electrons. The van der Waals surface area contributed by atoms with Crippen molar-refractivity contribution in [3.8, 4) is 0 Å². The van der Waals surface area contributed by atoms with Gasteiger partial charge in [-0.1, -0.05) is 0 Å². The van der Waals surface area contributed by atoms with Crippen molar-refractivity contribution in [3.63, 3.8) is 0 Å². The number of carbonyl (C=O) groups excluding carboxylic acids is 1. The smallest absolute Gasteiger partial charge is 0.383 e. The summed E-state index contributed by atoms with van der Waals surface area (Å²) in [5, 5.41) is 4.92. The van der Waals surface area contributed by atoms with Crippen molar-refractivity contribution in [1.82, 2.24) is 5.32 Å². The summed E-state index contributed by atoms with van der Waals surface area (Å²) in [4.78, 5) is 11.6. The Morgan fingerprint density at radius 1 is 1.38 bits per heavy atom. The fraction of sp³-hybridized carbons (Fsp3) is 0.462. The highest BCUT2D eigenvalue weighted by Crippen LogP contribution is 2.31. The zero-order valence-corrected chi connectivity index (χ0v) is 11.6. The maximum atomic E-state index is 13.5. The summed E-state index contributed by atoms with van der Waals surface area (Å²) in [5.41, 5.74) is -1.36. The molecule has 2 N–H and O–H groups in total. The van der Waals surface area contributed by atoms with E-state index in [0.717, 1.165) is 0 Å². The Bertz CT molecular complexity index is 492. The van der Waals surface area contributed by atoms with Crippen molar-refractivity contribution in [3.05, 3.63) is 29.6 Å². The minimum atomic E-state index is -4.58. The molecule has 0 heterocycles. The largest absolute Gasteiger partial charge is 0.416 e. The number of benzene rings is 1. The number of halogens is 4. The first-order valence-corrected chi connectivity index (χ1v) is 6.15. The molecule has 8 heteroatoms. The van der Waals surface area contributed by atoms with Crippen LogP contribution in [0.15, 0.2) is 18.2 Å². The van der Waals surface area contributed by atoms with Gasteiger partial charge < -0.3 is 15.4 Å². The van der Waals surface area contributed by atoms with E-state index in [4.69, 9.17) is 4.74 Å². The summed E-state index contributed by atoms with van der Waals surface area (Å²) in [6.45, 7) is 1.98. The molecule has 21 heavy (non-hydrogen) atoms. The van der Waals surface area contributed by atoms with Gasteiger partial charge >= 0.3 is 6.18 Å². The fourth-order valence-corrected chi connectivity index (χ4v) is 1.54. The van der Waals surface area contributed by atoms with E-state index in [1.807, 2.05) is 0 Å². The van der Waals surface area contributed by atoms with Crippen LogP contribution in [0.3, 0.4) is 0 Å². The Kier molecular flexibility index (Phi) is 5.95. The average molecular weight is 308 g/mol. The van der Waals surface area contributed by atoms with Gasteiger partial charge in [0.15, 0.2) is 0 Å². The van der Waals surface area contributed by atoms with Crippen molar-refractivity contribution >= 4 is 11.6 Å². The first-order chi connectivity index (χ1) is 9.75. The first-order valence-electron chi connectivity index (χ1n) is 6.15. The van der Waals surface area contributed by atoms with Crippen LogP contribution in [0, 0.1) is 5.82 Å². The van der Waals surface area contributed by atoms with E-state index in [1.54, 1.807) is 0 Å². The molecule has 1 unspecified atom stereocenters. The monoisotopic (exact) mass is 308 g/mol. The van der Waals surface area contributed by atoms with Gasteiger partial charge in [0.1, 0.15) is 11.9 Å². The van der Waals surface area contributed by atoms with Crippen LogP contribution in [0.1, 0.15) is 12.5 Å². The molecule has 0 aliphatic rings. The number of methoxy groups -OCH3 is 1. The van der Waals surface area contributed by atoms with E-state index in [2.05, 4.69) is 10.6 Å². The van der Waals surface area contributed by atoms with Crippen LogP contribution in [0.4, 0.5) is 23.2 Å². The summed E-state index contributed by atoms with van der Waals surface area (Å²) in [6, 6.07) is 1.10. The zero-order valence-electron chi connectivity index (χ0n) is 11.6. The Labute approximate surface area is 119 Å². The van der Waals surface area contributed by atoms with E-state index < -0.39 is 29.5 Å². The van der Waals surface area contributed by atoms with E-state index in [-0.39, 0.29) is 12.2 Å². The Morgan fingerprint density at radius 3 is 2.62 bits per heavy atom. The molecular formula is C13H16F4N2O2. The van der Waals surface area contributed by atoms with Gasteiger partial charge in [0, 0.05) is 13.7 Å². The van der Waals surface area contributed by atoms with Crippen LogP contribution in [0.2, 0.25) is 0 Å². The second-order valence-corrected chi connectivity index (χ2v) is 4.34. The molecule has 1 aromatic carbocycles. The second-order valence-electron chi connectivity index (χ2n) is 4.34.